The summed E-state index contributed by atoms with van der Waals surface area (Å²) in [4.78, 5) is 15.2. The van der Waals surface area contributed by atoms with Gasteiger partial charge in [-0.2, -0.15) is 0 Å². The second kappa shape index (κ2) is 9.70. The molecule has 29 heavy (non-hydrogen) atoms. The minimum atomic E-state index is -0.583. The van der Waals surface area contributed by atoms with E-state index in [2.05, 4.69) is 29.2 Å². The molecule has 0 spiro atoms. The van der Waals surface area contributed by atoms with Crippen LogP contribution in [0.3, 0.4) is 0 Å². The number of hydrogen-bond acceptors (Lipinski definition) is 5. The van der Waals surface area contributed by atoms with Gasteiger partial charge >= 0.3 is 5.97 Å². The maximum atomic E-state index is 13.0. The minimum Gasteiger partial charge on any atom is -0.460 e. The summed E-state index contributed by atoms with van der Waals surface area (Å²) in [5, 5.41) is 13.0. The highest BCUT2D eigenvalue weighted by Gasteiger charge is 2.29. The van der Waals surface area contributed by atoms with Gasteiger partial charge in [0.25, 0.3) is 0 Å². The number of carbonyl (C=O) groups is 1. The number of esters is 1. The summed E-state index contributed by atoms with van der Waals surface area (Å²) in [5.74, 6) is -0.637. The van der Waals surface area contributed by atoms with Crippen molar-refractivity contribution in [3.63, 3.8) is 0 Å². The van der Waals surface area contributed by atoms with E-state index in [0.29, 0.717) is 32.6 Å². The van der Waals surface area contributed by atoms with Gasteiger partial charge in [-0.05, 0) is 49.9 Å². The van der Waals surface area contributed by atoms with Crippen molar-refractivity contribution in [1.29, 1.82) is 0 Å². The first-order valence-electron chi connectivity index (χ1n) is 10.5. The van der Waals surface area contributed by atoms with Gasteiger partial charge in [-0.25, -0.2) is 0 Å². The molecule has 1 aliphatic rings. The fourth-order valence-corrected chi connectivity index (χ4v) is 3.87. The van der Waals surface area contributed by atoms with Gasteiger partial charge in [0.2, 0.25) is 0 Å². The first kappa shape index (κ1) is 21.8. The summed E-state index contributed by atoms with van der Waals surface area (Å²) in [6.07, 6.45) is 0.354. The van der Waals surface area contributed by atoms with E-state index in [-0.39, 0.29) is 5.97 Å². The van der Waals surface area contributed by atoms with Crippen LogP contribution in [0.1, 0.15) is 32.8 Å². The van der Waals surface area contributed by atoms with Gasteiger partial charge < -0.3 is 14.6 Å². The van der Waals surface area contributed by atoms with E-state index in [1.807, 2.05) is 39.0 Å². The van der Waals surface area contributed by atoms with Gasteiger partial charge in [-0.15, -0.1) is 0 Å². The van der Waals surface area contributed by atoms with Crippen molar-refractivity contribution in [2.45, 2.75) is 45.3 Å². The number of morpholine rings is 1. The van der Waals surface area contributed by atoms with E-state index >= 15 is 0 Å². The molecule has 2 atom stereocenters. The normalized spacial score (nSPS) is 17.8. The van der Waals surface area contributed by atoms with Crippen LogP contribution < -0.4 is 0 Å². The number of ether oxygens (including phenoxy) is 2. The topological polar surface area (TPSA) is 59.0 Å². The number of hydrogen-bond donors (Lipinski definition) is 1. The molecular weight excluding hydrogens is 366 g/mol. The van der Waals surface area contributed by atoms with Gasteiger partial charge in [-0.1, -0.05) is 42.5 Å². The molecule has 1 fully saturated rings. The number of carbonyl (C=O) groups excluding carboxylic acids is 1. The zero-order valence-corrected chi connectivity index (χ0v) is 17.8. The van der Waals surface area contributed by atoms with E-state index in [9.17, 15) is 9.90 Å². The van der Waals surface area contributed by atoms with E-state index in [1.54, 1.807) is 0 Å². The van der Waals surface area contributed by atoms with Crippen LogP contribution in [-0.2, 0) is 20.7 Å². The Hall–Kier alpha value is -1.95. The second-order valence-corrected chi connectivity index (χ2v) is 8.88. The zero-order chi connectivity index (χ0) is 20.9. The van der Waals surface area contributed by atoms with E-state index in [0.717, 1.165) is 29.4 Å². The molecule has 5 nitrogen and oxygen atoms in total. The lowest BCUT2D eigenvalue weighted by atomic mass is 9.90. The maximum absolute atomic E-state index is 13.0. The summed E-state index contributed by atoms with van der Waals surface area (Å²) in [6, 6.07) is 14.4. The molecular formula is C24H33NO4. The average Bonchev–Trinajstić information content (AvgIpc) is 2.67. The molecule has 0 aliphatic carbocycles. The van der Waals surface area contributed by atoms with Crippen LogP contribution in [0.2, 0.25) is 0 Å². The van der Waals surface area contributed by atoms with Gasteiger partial charge in [0.1, 0.15) is 5.60 Å². The Bertz CT molecular complexity index is 803. The van der Waals surface area contributed by atoms with E-state index in [4.69, 9.17) is 9.47 Å². The smallest absolute Gasteiger partial charge is 0.309 e. The van der Waals surface area contributed by atoms with E-state index in [1.165, 1.54) is 0 Å². The fraction of sp³-hybridized carbons (Fsp3) is 0.542. The van der Waals surface area contributed by atoms with Crippen molar-refractivity contribution >= 4 is 16.7 Å². The number of fused-ring (bicyclic) bond motifs is 1. The van der Waals surface area contributed by atoms with Crippen molar-refractivity contribution in [2.24, 2.45) is 5.92 Å². The molecule has 0 radical (unpaired) electrons. The summed E-state index contributed by atoms with van der Waals surface area (Å²) < 4.78 is 11.1. The van der Waals surface area contributed by atoms with E-state index < -0.39 is 17.6 Å². The Morgan fingerprint density at radius 2 is 1.83 bits per heavy atom. The number of nitrogens with zero attached hydrogens (tertiary/aromatic N) is 1. The molecule has 0 bridgehead atoms. The molecule has 1 N–H and O–H groups in total. The first-order valence-corrected chi connectivity index (χ1v) is 10.5. The number of rotatable bonds is 7. The monoisotopic (exact) mass is 399 g/mol. The van der Waals surface area contributed by atoms with Crippen molar-refractivity contribution in [3.8, 4) is 0 Å². The van der Waals surface area contributed by atoms with Gasteiger partial charge in [0.05, 0.1) is 25.2 Å². The lowest BCUT2D eigenvalue weighted by Crippen LogP contribution is -2.42. The third-order valence-electron chi connectivity index (χ3n) is 5.22. The molecule has 1 aliphatic heterocycles. The summed E-state index contributed by atoms with van der Waals surface area (Å²) in [5.41, 5.74) is 0.556. The molecule has 158 valence electrons. The molecule has 2 aromatic rings. The molecule has 3 rings (SSSR count). The minimum absolute atomic E-state index is 0.244. The van der Waals surface area contributed by atoms with Gasteiger partial charge in [-0.3, -0.25) is 9.69 Å². The van der Waals surface area contributed by atoms with Crippen LogP contribution in [0, 0.1) is 5.92 Å². The van der Waals surface area contributed by atoms with Crippen LogP contribution in [0.4, 0.5) is 0 Å². The fourth-order valence-electron chi connectivity index (χ4n) is 3.87. The SMILES string of the molecule is CC(C)(C)OC(=O)C(Cc1cccc2ccccc12)CC(O)CN1CCOCC1. The Morgan fingerprint density at radius 1 is 1.14 bits per heavy atom. The predicted octanol–water partition coefficient (Wildman–Crippen LogP) is 3.42. The Morgan fingerprint density at radius 3 is 2.55 bits per heavy atom. The standard InChI is InChI=1S/C24H33NO4/c1-24(2,3)29-23(27)20(16-21(26)17-25-11-13-28-14-12-25)15-19-9-6-8-18-7-4-5-10-22(18)19/h4-10,20-21,26H,11-17H2,1-3H3. The lowest BCUT2D eigenvalue weighted by Gasteiger charge is -2.30. The van der Waals surface area contributed by atoms with Crippen LogP contribution >= 0.6 is 0 Å². The highest BCUT2D eigenvalue weighted by molar-refractivity contribution is 5.86. The molecule has 0 saturated carbocycles. The molecule has 5 heteroatoms. The summed E-state index contributed by atoms with van der Waals surface area (Å²) in [6.45, 7) is 9.21. The summed E-state index contributed by atoms with van der Waals surface area (Å²) in [7, 11) is 0. The molecule has 0 aromatic heterocycles. The Labute approximate surface area is 173 Å². The van der Waals surface area contributed by atoms with Crippen LogP contribution in [0.5, 0.6) is 0 Å². The molecule has 1 heterocycles. The van der Waals surface area contributed by atoms with Gasteiger partial charge in [0.15, 0.2) is 0 Å². The molecule has 2 aromatic carbocycles. The largest absolute Gasteiger partial charge is 0.460 e. The highest BCUT2D eigenvalue weighted by atomic mass is 16.6. The van der Waals surface area contributed by atoms with Gasteiger partial charge in [0, 0.05) is 19.6 Å². The zero-order valence-electron chi connectivity index (χ0n) is 17.8. The predicted molar refractivity (Wildman–Crippen MR) is 115 cm³/mol. The molecule has 0 amide bonds. The van der Waals surface area contributed by atoms with Crippen molar-refractivity contribution in [1.82, 2.24) is 4.90 Å². The number of aliphatic hydroxyl groups excluding tert-OH is 1. The average molecular weight is 400 g/mol. The summed E-state index contributed by atoms with van der Waals surface area (Å²) >= 11 is 0. The van der Waals surface area contributed by atoms with Crippen LogP contribution in [-0.4, -0.2) is 60.5 Å². The highest BCUT2D eigenvalue weighted by Crippen LogP contribution is 2.25. The Balaban J connectivity index is 1.75. The molecule has 2 unspecified atom stereocenters. The number of benzene rings is 2. The van der Waals surface area contributed by atoms with Crippen LogP contribution in [0.15, 0.2) is 42.5 Å². The first-order chi connectivity index (χ1) is 13.8. The lowest BCUT2D eigenvalue weighted by molar-refractivity contribution is -0.161. The van der Waals surface area contributed by atoms with Crippen molar-refractivity contribution < 1.29 is 19.4 Å². The number of β-amino-alcohol motifs (C(OH)–C–C–N with tert-alkyl or cyclic N) is 1. The third-order valence-corrected chi connectivity index (χ3v) is 5.22. The van der Waals surface area contributed by atoms with Crippen molar-refractivity contribution in [3.05, 3.63) is 48.0 Å². The second-order valence-electron chi connectivity index (χ2n) is 8.88. The quantitative estimate of drug-likeness (QED) is 0.723. The maximum Gasteiger partial charge on any atom is 0.309 e. The molecule has 1 saturated heterocycles. The third kappa shape index (κ3) is 6.53. The number of aliphatic hydroxyl groups is 1. The van der Waals surface area contributed by atoms with Crippen molar-refractivity contribution in [2.75, 3.05) is 32.8 Å². The van der Waals surface area contributed by atoms with Crippen LogP contribution in [0.25, 0.3) is 10.8 Å². The Kier molecular flexibility index (Phi) is 7.28.